The zero-order valence-electron chi connectivity index (χ0n) is 21.0. The molecule has 1 amide bonds. The highest BCUT2D eigenvalue weighted by Gasteiger charge is 2.51. The van der Waals surface area contributed by atoms with Crippen molar-refractivity contribution in [3.63, 3.8) is 0 Å². The van der Waals surface area contributed by atoms with E-state index in [1.807, 2.05) is 63.0 Å². The smallest absolute Gasteiger partial charge is 0.236 e. The predicted molar refractivity (Wildman–Crippen MR) is 145 cm³/mol. The second-order valence-corrected chi connectivity index (χ2v) is 9.30. The van der Waals surface area contributed by atoms with E-state index in [0.717, 1.165) is 29.9 Å². The number of ether oxygens (including phenoxy) is 2. The Morgan fingerprint density at radius 3 is 2.32 bits per heavy atom. The number of fused-ring (bicyclic) bond motifs is 1. The molecule has 3 aromatic rings. The zero-order valence-corrected chi connectivity index (χ0v) is 22.6. The summed E-state index contributed by atoms with van der Waals surface area (Å²) in [4.78, 5) is 16.6. The van der Waals surface area contributed by atoms with Gasteiger partial charge in [0.15, 0.2) is 16.6 Å². The first-order valence-corrected chi connectivity index (χ1v) is 14.0. The van der Waals surface area contributed by atoms with Gasteiger partial charge in [-0.15, -0.1) is 11.3 Å². The lowest BCUT2D eigenvalue weighted by atomic mass is 9.94. The van der Waals surface area contributed by atoms with Crippen LogP contribution in [0.1, 0.15) is 63.8 Å². The SMILES string of the molecule is CC.CC.CSC(C)c1ccccc1.O=C(Nc1nccs1)C1(c2ccc3c(c2)OCO3)CC1. The molecule has 1 aromatic heterocycles. The van der Waals surface area contributed by atoms with Crippen molar-refractivity contribution in [3.05, 3.63) is 71.2 Å². The molecule has 5 rings (SSSR count). The molecule has 0 spiro atoms. The van der Waals surface area contributed by atoms with Gasteiger partial charge in [0.25, 0.3) is 0 Å². The van der Waals surface area contributed by atoms with Crippen molar-refractivity contribution in [2.24, 2.45) is 0 Å². The molecular formula is C27H36N2O3S2. The Hall–Kier alpha value is -2.51. The number of nitrogens with zero attached hydrogens (tertiary/aromatic N) is 1. The van der Waals surface area contributed by atoms with Crippen LogP contribution in [0.15, 0.2) is 60.1 Å². The first kappa shape index (κ1) is 27.7. The second-order valence-electron chi connectivity index (χ2n) is 7.23. The minimum Gasteiger partial charge on any atom is -0.454 e. The lowest BCUT2D eigenvalue weighted by Gasteiger charge is -2.15. The van der Waals surface area contributed by atoms with Crippen LogP contribution in [-0.2, 0) is 10.2 Å². The quantitative estimate of drug-likeness (QED) is 0.389. The Balaban J connectivity index is 0.000000248. The molecule has 1 N–H and O–H groups in total. The number of hydrogen-bond acceptors (Lipinski definition) is 6. The number of hydrogen-bond donors (Lipinski definition) is 1. The molecule has 5 nitrogen and oxygen atoms in total. The minimum absolute atomic E-state index is 0.00585. The summed E-state index contributed by atoms with van der Waals surface area (Å²) in [6.45, 7) is 10.5. The van der Waals surface area contributed by atoms with Crippen molar-refractivity contribution in [2.45, 2.75) is 58.1 Å². The topological polar surface area (TPSA) is 60.5 Å². The van der Waals surface area contributed by atoms with Gasteiger partial charge in [0, 0.05) is 16.8 Å². The maximum atomic E-state index is 12.5. The summed E-state index contributed by atoms with van der Waals surface area (Å²) in [6, 6.07) is 16.3. The maximum absolute atomic E-state index is 12.5. The molecule has 1 fully saturated rings. The third kappa shape index (κ3) is 7.00. The molecule has 1 saturated carbocycles. The molecule has 1 aliphatic carbocycles. The monoisotopic (exact) mass is 500 g/mol. The fraction of sp³-hybridized carbons (Fsp3) is 0.407. The van der Waals surface area contributed by atoms with E-state index in [1.54, 1.807) is 6.20 Å². The van der Waals surface area contributed by atoms with Crippen LogP contribution in [0.5, 0.6) is 11.5 Å². The number of carbonyl (C=O) groups excluding carboxylic acids is 1. The molecule has 34 heavy (non-hydrogen) atoms. The number of thiazole rings is 1. The van der Waals surface area contributed by atoms with Gasteiger partial charge in [-0.3, -0.25) is 4.79 Å². The van der Waals surface area contributed by atoms with Crippen molar-refractivity contribution < 1.29 is 14.3 Å². The highest BCUT2D eigenvalue weighted by atomic mass is 32.2. The van der Waals surface area contributed by atoms with Crippen molar-refractivity contribution in [3.8, 4) is 11.5 Å². The van der Waals surface area contributed by atoms with Crippen LogP contribution in [0.4, 0.5) is 5.13 Å². The molecule has 2 heterocycles. The Kier molecular flexibility index (Phi) is 11.4. The van der Waals surface area contributed by atoms with Crippen LogP contribution < -0.4 is 14.8 Å². The van der Waals surface area contributed by atoms with Crippen molar-refractivity contribution in [1.82, 2.24) is 4.98 Å². The number of carbonyl (C=O) groups is 1. The van der Waals surface area contributed by atoms with Crippen LogP contribution in [0.3, 0.4) is 0 Å². The molecule has 0 bridgehead atoms. The third-order valence-corrected chi connectivity index (χ3v) is 7.05. The summed E-state index contributed by atoms with van der Waals surface area (Å²) >= 11 is 3.30. The molecule has 1 aliphatic heterocycles. The Morgan fingerprint density at radius 1 is 1.06 bits per heavy atom. The standard InChI is InChI=1S/C14H12N2O3S.C9H12S.2C2H6/c17-12(16-13-15-5-6-20-13)14(3-4-14)9-1-2-10-11(7-9)19-8-18-10;1-8(10-2)9-6-4-3-5-7-9;2*1-2/h1-2,5-7H,3-4,8H2,(H,15,16,17);3-8H,1-2H3;2*1-2H3. The van der Waals surface area contributed by atoms with Crippen molar-refractivity contribution in [1.29, 1.82) is 0 Å². The van der Waals surface area contributed by atoms with E-state index in [4.69, 9.17) is 9.47 Å². The van der Waals surface area contributed by atoms with E-state index >= 15 is 0 Å². The lowest BCUT2D eigenvalue weighted by molar-refractivity contribution is -0.118. The van der Waals surface area contributed by atoms with Crippen LogP contribution in [-0.4, -0.2) is 23.9 Å². The molecule has 7 heteroatoms. The summed E-state index contributed by atoms with van der Waals surface area (Å²) in [6.07, 6.45) is 5.52. The fourth-order valence-electron chi connectivity index (χ4n) is 3.33. The predicted octanol–water partition coefficient (Wildman–Crippen LogP) is 7.71. The number of amides is 1. The molecular weight excluding hydrogens is 464 g/mol. The molecule has 184 valence electrons. The van der Waals surface area contributed by atoms with Crippen LogP contribution in [0.25, 0.3) is 0 Å². The van der Waals surface area contributed by atoms with Crippen LogP contribution in [0, 0.1) is 0 Å². The van der Waals surface area contributed by atoms with Gasteiger partial charge in [-0.25, -0.2) is 4.98 Å². The van der Waals surface area contributed by atoms with Gasteiger partial charge < -0.3 is 14.8 Å². The van der Waals surface area contributed by atoms with E-state index < -0.39 is 5.41 Å². The average molecular weight is 501 g/mol. The average Bonchev–Trinajstić information content (AvgIpc) is 3.31. The van der Waals surface area contributed by atoms with Gasteiger partial charge in [-0.2, -0.15) is 11.8 Å². The summed E-state index contributed by atoms with van der Waals surface area (Å²) in [5.74, 6) is 1.46. The van der Waals surface area contributed by atoms with Gasteiger partial charge in [0.05, 0.1) is 5.41 Å². The van der Waals surface area contributed by atoms with E-state index in [1.165, 1.54) is 16.9 Å². The summed E-state index contributed by atoms with van der Waals surface area (Å²) in [5, 5.41) is 6.00. The fourth-order valence-corrected chi connectivity index (χ4v) is 4.28. The first-order chi connectivity index (χ1) is 16.6. The zero-order chi connectivity index (χ0) is 25.0. The largest absolute Gasteiger partial charge is 0.454 e. The molecule has 2 aromatic carbocycles. The molecule has 1 atom stereocenters. The van der Waals surface area contributed by atoms with E-state index in [9.17, 15) is 4.79 Å². The molecule has 0 saturated heterocycles. The number of thioether (sulfide) groups is 1. The van der Waals surface area contributed by atoms with Gasteiger partial charge in [0.1, 0.15) is 0 Å². The first-order valence-electron chi connectivity index (χ1n) is 11.8. The van der Waals surface area contributed by atoms with E-state index in [2.05, 4.69) is 53.8 Å². The number of aromatic nitrogens is 1. The summed E-state index contributed by atoms with van der Waals surface area (Å²) in [5.41, 5.74) is 1.96. The van der Waals surface area contributed by atoms with Gasteiger partial charge in [-0.05, 0) is 49.3 Å². The van der Waals surface area contributed by atoms with Gasteiger partial charge >= 0.3 is 0 Å². The number of benzene rings is 2. The molecule has 1 unspecified atom stereocenters. The summed E-state index contributed by atoms with van der Waals surface area (Å²) < 4.78 is 10.7. The Bertz CT molecular complexity index is 990. The maximum Gasteiger partial charge on any atom is 0.236 e. The Morgan fingerprint density at radius 2 is 1.74 bits per heavy atom. The van der Waals surface area contributed by atoms with Crippen LogP contribution in [0.2, 0.25) is 0 Å². The normalized spacial score (nSPS) is 14.6. The number of anilines is 1. The third-order valence-electron chi connectivity index (χ3n) is 5.39. The van der Waals surface area contributed by atoms with Crippen molar-refractivity contribution >= 4 is 34.1 Å². The minimum atomic E-state index is -0.438. The second kappa shape index (κ2) is 14.0. The highest BCUT2D eigenvalue weighted by molar-refractivity contribution is 7.98. The van der Waals surface area contributed by atoms with Crippen molar-refractivity contribution in [2.75, 3.05) is 18.4 Å². The number of nitrogens with one attached hydrogen (secondary N) is 1. The summed E-state index contributed by atoms with van der Waals surface area (Å²) in [7, 11) is 0. The molecule has 0 radical (unpaired) electrons. The van der Waals surface area contributed by atoms with Gasteiger partial charge in [-0.1, -0.05) is 64.1 Å². The van der Waals surface area contributed by atoms with E-state index in [-0.39, 0.29) is 12.7 Å². The Labute approximate surface area is 212 Å². The highest BCUT2D eigenvalue weighted by Crippen LogP contribution is 2.51. The van der Waals surface area contributed by atoms with Gasteiger partial charge in [0.2, 0.25) is 12.7 Å². The van der Waals surface area contributed by atoms with E-state index in [0.29, 0.717) is 10.4 Å². The van der Waals surface area contributed by atoms with Crippen LogP contribution >= 0.6 is 23.1 Å². The molecule has 2 aliphatic rings. The lowest BCUT2D eigenvalue weighted by Crippen LogP contribution is -2.27. The number of rotatable bonds is 5.